The Kier molecular flexibility index (Phi) is 20.9. The van der Waals surface area contributed by atoms with Gasteiger partial charge in [0, 0.05) is 124 Å². The molecule has 0 unspecified atom stereocenters. The highest BCUT2D eigenvalue weighted by molar-refractivity contribution is 5.79. The predicted molar refractivity (Wildman–Crippen MR) is 261 cm³/mol. The van der Waals surface area contributed by atoms with E-state index in [9.17, 15) is 28.8 Å². The van der Waals surface area contributed by atoms with Gasteiger partial charge in [-0.15, -0.1) is 0 Å². The highest BCUT2D eigenvalue weighted by atomic mass is 16.6. The molecule has 6 saturated heterocycles. The SMILES string of the molecule is N=C(N)N1CCC(CC(=O)N2CCN(C(=O)O[C@H]3CCC[C@@H](OC(=O)N4CCN(C(=O)CC5CCN(C(=N)N)CC5)CC4)CCC3)CC2)CC1.O=C(O)N1CCN(C(=O)NCCC2CCNCC2)CC1. The highest BCUT2D eigenvalue weighted by Gasteiger charge is 2.33. The number of likely N-dealkylation sites (tertiary alicyclic amines) is 2. The molecule has 6 aliphatic heterocycles. The number of nitrogens with two attached hydrogens (primary N) is 2. The van der Waals surface area contributed by atoms with Gasteiger partial charge in [0.2, 0.25) is 11.8 Å². The molecule has 7 rings (SSSR count). The number of nitrogens with one attached hydrogen (secondary N) is 4. The minimum absolute atomic E-state index is 0.0658. The van der Waals surface area contributed by atoms with Gasteiger partial charge in [0.05, 0.1) is 0 Å². The van der Waals surface area contributed by atoms with Gasteiger partial charge in [-0.1, -0.05) is 0 Å². The van der Waals surface area contributed by atoms with Crippen molar-refractivity contribution in [2.75, 3.05) is 124 Å². The van der Waals surface area contributed by atoms with Crippen LogP contribution in [0.2, 0.25) is 0 Å². The Morgan fingerprint density at radius 2 is 0.857 bits per heavy atom. The monoisotopic (exact) mass is 987 g/mol. The van der Waals surface area contributed by atoms with E-state index in [0.29, 0.717) is 142 Å². The Morgan fingerprint density at radius 3 is 1.24 bits per heavy atom. The summed E-state index contributed by atoms with van der Waals surface area (Å²) in [5.41, 5.74) is 11.2. The number of nitrogens with zero attached hydrogens (tertiary/aromatic N) is 8. The Morgan fingerprint density at radius 1 is 0.486 bits per heavy atom. The number of rotatable bonds is 9. The lowest BCUT2D eigenvalue weighted by atomic mass is 9.93. The molecule has 0 spiro atoms. The molecule has 1 aliphatic carbocycles. The van der Waals surface area contributed by atoms with Crippen molar-refractivity contribution < 1.29 is 43.3 Å². The molecule has 394 valence electrons. The molecule has 1 saturated carbocycles. The molecule has 9 N–H and O–H groups in total. The molecular weight excluding hydrogens is 905 g/mol. The molecule has 0 radical (unpaired) electrons. The van der Waals surface area contributed by atoms with Crippen molar-refractivity contribution in [1.29, 1.82) is 10.8 Å². The molecule has 7 fully saturated rings. The third kappa shape index (κ3) is 16.8. The molecule has 23 heteroatoms. The number of carbonyl (C=O) groups is 6. The summed E-state index contributed by atoms with van der Waals surface area (Å²) in [6, 6.07) is -0.0658. The van der Waals surface area contributed by atoms with Crippen molar-refractivity contribution in [3.8, 4) is 0 Å². The molecule has 7 aliphatic rings. The van der Waals surface area contributed by atoms with Crippen LogP contribution in [0.4, 0.5) is 19.2 Å². The van der Waals surface area contributed by atoms with E-state index in [2.05, 4.69) is 10.6 Å². The predicted octanol–water partition coefficient (Wildman–Crippen LogP) is 2.01. The lowest BCUT2D eigenvalue weighted by molar-refractivity contribution is -0.134. The van der Waals surface area contributed by atoms with Crippen molar-refractivity contribution in [2.24, 2.45) is 29.2 Å². The summed E-state index contributed by atoms with van der Waals surface area (Å²) in [6.07, 6.45) is 10.4. The Hall–Kier alpha value is -5.48. The number of hydrogen-bond acceptors (Lipinski definition) is 11. The maximum atomic E-state index is 13.0. The average Bonchev–Trinajstić information content (AvgIpc) is 3.36. The number of hydrogen-bond donors (Lipinski definition) is 7. The Labute approximate surface area is 413 Å². The third-order valence-electron chi connectivity index (χ3n) is 15.4. The quantitative estimate of drug-likeness (QED) is 0.129. The van der Waals surface area contributed by atoms with Crippen LogP contribution in [0.3, 0.4) is 0 Å². The van der Waals surface area contributed by atoms with Crippen molar-refractivity contribution in [3.05, 3.63) is 0 Å². The number of piperidine rings is 3. The number of carboxylic acid groups (broad SMARTS) is 1. The van der Waals surface area contributed by atoms with Gasteiger partial charge in [-0.2, -0.15) is 0 Å². The molecule has 23 nitrogen and oxygen atoms in total. The molecule has 7 amide bonds. The highest BCUT2D eigenvalue weighted by Crippen LogP contribution is 2.26. The van der Waals surface area contributed by atoms with Crippen LogP contribution in [0.15, 0.2) is 0 Å². The van der Waals surface area contributed by atoms with Crippen molar-refractivity contribution in [1.82, 2.24) is 49.8 Å². The summed E-state index contributed by atoms with van der Waals surface area (Å²) in [6.45, 7) is 11.4. The molecule has 0 atom stereocenters. The van der Waals surface area contributed by atoms with Gasteiger partial charge in [-0.25, -0.2) is 19.2 Å². The summed E-state index contributed by atoms with van der Waals surface area (Å²) in [5, 5.41) is 30.3. The van der Waals surface area contributed by atoms with Crippen LogP contribution in [0.1, 0.15) is 96.3 Å². The van der Waals surface area contributed by atoms with Gasteiger partial charge < -0.3 is 75.9 Å². The zero-order chi connectivity index (χ0) is 50.0. The van der Waals surface area contributed by atoms with Crippen LogP contribution in [-0.4, -0.2) is 229 Å². The van der Waals surface area contributed by atoms with E-state index in [-0.39, 0.29) is 54.2 Å². The number of piperazine rings is 3. The van der Waals surface area contributed by atoms with E-state index in [1.54, 1.807) is 14.7 Å². The number of guanidine groups is 2. The minimum Gasteiger partial charge on any atom is -0.465 e. The first-order valence-electron chi connectivity index (χ1n) is 26.1. The van der Waals surface area contributed by atoms with E-state index in [1.807, 2.05) is 19.6 Å². The average molecular weight is 987 g/mol. The van der Waals surface area contributed by atoms with Crippen LogP contribution < -0.4 is 22.1 Å². The van der Waals surface area contributed by atoms with E-state index in [4.69, 9.17) is 36.9 Å². The van der Waals surface area contributed by atoms with E-state index >= 15 is 0 Å². The summed E-state index contributed by atoms with van der Waals surface area (Å²) < 4.78 is 11.8. The van der Waals surface area contributed by atoms with E-state index in [1.165, 1.54) is 17.7 Å². The second kappa shape index (κ2) is 27.2. The Bertz CT molecular complexity index is 1650. The zero-order valence-corrected chi connectivity index (χ0v) is 41.4. The second-order valence-electron chi connectivity index (χ2n) is 20.1. The van der Waals surface area contributed by atoms with Crippen molar-refractivity contribution in [2.45, 2.75) is 109 Å². The van der Waals surface area contributed by atoms with Gasteiger partial charge in [0.15, 0.2) is 11.9 Å². The molecule has 6 heterocycles. The molecule has 70 heavy (non-hydrogen) atoms. The number of ether oxygens (including phenoxy) is 2. The number of amides is 7. The zero-order valence-electron chi connectivity index (χ0n) is 41.4. The van der Waals surface area contributed by atoms with Crippen LogP contribution in [-0.2, 0) is 19.1 Å². The van der Waals surface area contributed by atoms with Gasteiger partial charge in [-0.05, 0) is 114 Å². The first-order chi connectivity index (χ1) is 33.7. The number of carbonyl (C=O) groups excluding carboxylic acids is 5. The molecule has 0 aromatic carbocycles. The fraction of sp³-hybridized carbons (Fsp3) is 0.830. The molecule has 0 aromatic heterocycles. The lowest BCUT2D eigenvalue weighted by Gasteiger charge is -2.37. The summed E-state index contributed by atoms with van der Waals surface area (Å²) in [4.78, 5) is 88.3. The molecular formula is C47H82N14O9. The summed E-state index contributed by atoms with van der Waals surface area (Å²) in [5.74, 6) is 1.75. The topological polar surface area (TPSA) is 291 Å². The normalized spacial score (nSPS) is 23.5. The first kappa shape index (κ1) is 53.9. The maximum absolute atomic E-state index is 13.0. The first-order valence-corrected chi connectivity index (χ1v) is 26.1. The fourth-order valence-electron chi connectivity index (χ4n) is 10.7. The van der Waals surface area contributed by atoms with Gasteiger partial charge in [0.1, 0.15) is 12.2 Å². The maximum Gasteiger partial charge on any atom is 0.410 e. The van der Waals surface area contributed by atoms with Crippen LogP contribution in [0.5, 0.6) is 0 Å². The van der Waals surface area contributed by atoms with Crippen molar-refractivity contribution in [3.63, 3.8) is 0 Å². The number of urea groups is 1. The lowest BCUT2D eigenvalue weighted by Crippen LogP contribution is -2.53. The Balaban J connectivity index is 0.000000334. The standard InChI is InChI=1S/C34H58N10O6.C13H24N4O3/c35-31(36)41-11-7-25(8-12-41)23-29(45)39-15-19-43(20-16-39)33(47)49-27-3-1-4-28(6-2-5-27)50-34(48)44-21-17-40(18-22-44)30(46)24-26-9-13-42(14-10-26)32(37)38;18-12(15-6-3-11-1-4-14-5-2-11)16-7-9-17(10-8-16)13(19)20/h25-28H,1-24H2,(H3,35,36)(H3,37,38);11,14H,1-10H2,(H,15,18)(H,19,20)/t27-,28+;. The van der Waals surface area contributed by atoms with Gasteiger partial charge >= 0.3 is 24.3 Å². The van der Waals surface area contributed by atoms with Crippen LogP contribution in [0, 0.1) is 28.6 Å². The third-order valence-corrected chi connectivity index (χ3v) is 15.4. The second-order valence-corrected chi connectivity index (χ2v) is 20.1. The van der Waals surface area contributed by atoms with Crippen LogP contribution in [0.25, 0.3) is 0 Å². The largest absolute Gasteiger partial charge is 0.465 e. The summed E-state index contributed by atoms with van der Waals surface area (Å²) in [7, 11) is 0. The van der Waals surface area contributed by atoms with Gasteiger partial charge in [0.25, 0.3) is 0 Å². The van der Waals surface area contributed by atoms with E-state index < -0.39 is 6.09 Å². The van der Waals surface area contributed by atoms with Crippen molar-refractivity contribution >= 4 is 48.0 Å². The summed E-state index contributed by atoms with van der Waals surface area (Å²) >= 11 is 0. The smallest absolute Gasteiger partial charge is 0.410 e. The van der Waals surface area contributed by atoms with E-state index in [0.717, 1.165) is 83.7 Å². The minimum atomic E-state index is -0.907. The fourth-order valence-corrected chi connectivity index (χ4v) is 10.7. The van der Waals surface area contributed by atoms with Gasteiger partial charge in [-0.3, -0.25) is 20.4 Å². The molecule has 0 aromatic rings. The van der Waals surface area contributed by atoms with Crippen LogP contribution >= 0.6 is 0 Å². The molecule has 0 bridgehead atoms.